The van der Waals surface area contributed by atoms with Gasteiger partial charge in [-0.3, -0.25) is 0 Å². The molecule has 2 amide bonds. The average molecular weight is 182 g/mol. The molecule has 0 saturated heterocycles. The number of hydrogen-bond donors (Lipinski definition) is 3. The second-order valence-electron chi connectivity index (χ2n) is 2.69. The standard InChI is InChI=1S/C8H14N4O/c1-2-3-10-8(13)11-5-7-4-9-6-12-7/h4,6H,2-3,5H2,1H3,(H,9,12)(H2,10,11,13). The van der Waals surface area contributed by atoms with Crippen molar-refractivity contribution in [2.75, 3.05) is 6.54 Å². The summed E-state index contributed by atoms with van der Waals surface area (Å²) in [5.74, 6) is 0. The van der Waals surface area contributed by atoms with Gasteiger partial charge in [0, 0.05) is 12.7 Å². The predicted octanol–water partition coefficient (Wildman–Crippen LogP) is 0.619. The molecule has 0 aliphatic carbocycles. The molecule has 0 aromatic carbocycles. The molecule has 1 rings (SSSR count). The van der Waals surface area contributed by atoms with Gasteiger partial charge in [-0.25, -0.2) is 9.78 Å². The van der Waals surface area contributed by atoms with Crippen LogP contribution in [0.25, 0.3) is 0 Å². The fourth-order valence-electron chi connectivity index (χ4n) is 0.858. The number of rotatable bonds is 4. The molecular weight excluding hydrogens is 168 g/mol. The Hall–Kier alpha value is -1.52. The van der Waals surface area contributed by atoms with Crippen LogP contribution in [0.3, 0.4) is 0 Å². The molecule has 5 nitrogen and oxygen atoms in total. The summed E-state index contributed by atoms with van der Waals surface area (Å²) < 4.78 is 0. The first-order valence-electron chi connectivity index (χ1n) is 4.32. The molecule has 5 heteroatoms. The highest BCUT2D eigenvalue weighted by molar-refractivity contribution is 5.73. The Morgan fingerprint density at radius 1 is 1.62 bits per heavy atom. The molecule has 0 bridgehead atoms. The SMILES string of the molecule is CCCNC(=O)NCc1cnc[nH]1. The zero-order chi connectivity index (χ0) is 9.52. The number of imidazole rings is 1. The van der Waals surface area contributed by atoms with Crippen molar-refractivity contribution < 1.29 is 4.79 Å². The molecule has 0 fully saturated rings. The Kier molecular flexibility index (Phi) is 3.81. The van der Waals surface area contributed by atoms with E-state index < -0.39 is 0 Å². The number of aromatic amines is 1. The van der Waals surface area contributed by atoms with Gasteiger partial charge in [0.05, 0.1) is 18.6 Å². The number of carbonyl (C=O) groups is 1. The number of amides is 2. The van der Waals surface area contributed by atoms with E-state index in [4.69, 9.17) is 0 Å². The van der Waals surface area contributed by atoms with Gasteiger partial charge >= 0.3 is 6.03 Å². The van der Waals surface area contributed by atoms with E-state index in [1.54, 1.807) is 12.5 Å². The fourth-order valence-corrected chi connectivity index (χ4v) is 0.858. The summed E-state index contributed by atoms with van der Waals surface area (Å²) in [6.07, 6.45) is 4.21. The summed E-state index contributed by atoms with van der Waals surface area (Å²) in [5.41, 5.74) is 0.895. The van der Waals surface area contributed by atoms with Crippen molar-refractivity contribution in [1.29, 1.82) is 0 Å². The fraction of sp³-hybridized carbons (Fsp3) is 0.500. The highest BCUT2D eigenvalue weighted by Gasteiger charge is 1.98. The van der Waals surface area contributed by atoms with E-state index in [1.165, 1.54) is 0 Å². The zero-order valence-corrected chi connectivity index (χ0v) is 7.63. The number of carbonyl (C=O) groups excluding carboxylic acids is 1. The minimum atomic E-state index is -0.142. The van der Waals surface area contributed by atoms with Crippen LogP contribution in [0.15, 0.2) is 12.5 Å². The minimum Gasteiger partial charge on any atom is -0.347 e. The number of urea groups is 1. The van der Waals surface area contributed by atoms with Crippen LogP contribution in [0.5, 0.6) is 0 Å². The molecular formula is C8H14N4O. The summed E-state index contributed by atoms with van der Waals surface area (Å²) in [6, 6.07) is -0.142. The Balaban J connectivity index is 2.15. The lowest BCUT2D eigenvalue weighted by Gasteiger charge is -2.04. The van der Waals surface area contributed by atoms with E-state index in [-0.39, 0.29) is 6.03 Å². The highest BCUT2D eigenvalue weighted by Crippen LogP contribution is 1.88. The Morgan fingerprint density at radius 3 is 3.08 bits per heavy atom. The Bertz CT molecular complexity index is 245. The third-order valence-corrected chi connectivity index (χ3v) is 1.53. The molecule has 72 valence electrons. The lowest BCUT2D eigenvalue weighted by molar-refractivity contribution is 0.240. The first-order valence-corrected chi connectivity index (χ1v) is 4.32. The molecule has 1 aromatic heterocycles. The molecule has 3 N–H and O–H groups in total. The van der Waals surface area contributed by atoms with Crippen molar-refractivity contribution in [3.8, 4) is 0 Å². The predicted molar refractivity (Wildman–Crippen MR) is 49.1 cm³/mol. The first-order chi connectivity index (χ1) is 6.33. The van der Waals surface area contributed by atoms with Crippen LogP contribution in [0.1, 0.15) is 19.0 Å². The van der Waals surface area contributed by atoms with Crippen molar-refractivity contribution >= 4 is 6.03 Å². The van der Waals surface area contributed by atoms with Crippen LogP contribution in [0.2, 0.25) is 0 Å². The lowest BCUT2D eigenvalue weighted by Crippen LogP contribution is -2.35. The van der Waals surface area contributed by atoms with Crippen molar-refractivity contribution in [1.82, 2.24) is 20.6 Å². The van der Waals surface area contributed by atoms with Crippen LogP contribution in [0, 0.1) is 0 Å². The highest BCUT2D eigenvalue weighted by atomic mass is 16.2. The van der Waals surface area contributed by atoms with Crippen LogP contribution in [-0.4, -0.2) is 22.5 Å². The molecule has 0 radical (unpaired) electrons. The van der Waals surface area contributed by atoms with Gasteiger partial charge in [0.2, 0.25) is 0 Å². The summed E-state index contributed by atoms with van der Waals surface area (Å²) in [6.45, 7) is 3.19. The Labute approximate surface area is 76.9 Å². The number of H-pyrrole nitrogens is 1. The largest absolute Gasteiger partial charge is 0.347 e. The van der Waals surface area contributed by atoms with Crippen LogP contribution in [0.4, 0.5) is 4.79 Å². The second kappa shape index (κ2) is 5.18. The molecule has 0 saturated carbocycles. The second-order valence-corrected chi connectivity index (χ2v) is 2.69. The number of nitrogens with one attached hydrogen (secondary N) is 3. The van der Waals surface area contributed by atoms with Gasteiger partial charge in [0.1, 0.15) is 0 Å². The van der Waals surface area contributed by atoms with Gasteiger partial charge in [-0.05, 0) is 6.42 Å². The van der Waals surface area contributed by atoms with Crippen LogP contribution < -0.4 is 10.6 Å². The van der Waals surface area contributed by atoms with Gasteiger partial charge in [-0.1, -0.05) is 6.92 Å². The summed E-state index contributed by atoms with van der Waals surface area (Å²) in [7, 11) is 0. The molecule has 0 spiro atoms. The monoisotopic (exact) mass is 182 g/mol. The minimum absolute atomic E-state index is 0.142. The van der Waals surface area contributed by atoms with Gasteiger partial charge in [-0.15, -0.1) is 0 Å². The summed E-state index contributed by atoms with van der Waals surface area (Å²) >= 11 is 0. The normalized spacial score (nSPS) is 9.62. The van der Waals surface area contributed by atoms with E-state index in [0.29, 0.717) is 13.1 Å². The molecule has 1 aromatic rings. The van der Waals surface area contributed by atoms with Gasteiger partial charge in [-0.2, -0.15) is 0 Å². The maximum absolute atomic E-state index is 11.0. The molecule has 13 heavy (non-hydrogen) atoms. The first kappa shape index (κ1) is 9.57. The van der Waals surface area contributed by atoms with Gasteiger partial charge in [0.15, 0.2) is 0 Å². The number of aromatic nitrogens is 2. The summed E-state index contributed by atoms with van der Waals surface area (Å²) in [4.78, 5) is 17.8. The van der Waals surface area contributed by atoms with E-state index in [1.807, 2.05) is 6.92 Å². The van der Waals surface area contributed by atoms with Gasteiger partial charge < -0.3 is 15.6 Å². The van der Waals surface area contributed by atoms with Crippen molar-refractivity contribution in [2.24, 2.45) is 0 Å². The van der Waals surface area contributed by atoms with Gasteiger partial charge in [0.25, 0.3) is 0 Å². The maximum Gasteiger partial charge on any atom is 0.315 e. The quantitative estimate of drug-likeness (QED) is 0.638. The van der Waals surface area contributed by atoms with E-state index in [0.717, 1.165) is 12.1 Å². The Morgan fingerprint density at radius 2 is 2.46 bits per heavy atom. The lowest BCUT2D eigenvalue weighted by atomic mass is 10.4. The van der Waals surface area contributed by atoms with Crippen molar-refractivity contribution in [3.63, 3.8) is 0 Å². The summed E-state index contributed by atoms with van der Waals surface area (Å²) in [5, 5.41) is 5.41. The average Bonchev–Trinajstić information content (AvgIpc) is 2.64. The van der Waals surface area contributed by atoms with Crippen molar-refractivity contribution in [3.05, 3.63) is 18.2 Å². The zero-order valence-electron chi connectivity index (χ0n) is 7.63. The van der Waals surface area contributed by atoms with E-state index in [9.17, 15) is 4.79 Å². The van der Waals surface area contributed by atoms with Crippen LogP contribution >= 0.6 is 0 Å². The third-order valence-electron chi connectivity index (χ3n) is 1.53. The third kappa shape index (κ3) is 3.59. The molecule has 0 aliphatic rings. The smallest absolute Gasteiger partial charge is 0.315 e. The molecule has 0 unspecified atom stereocenters. The van der Waals surface area contributed by atoms with Crippen LogP contribution in [-0.2, 0) is 6.54 Å². The van der Waals surface area contributed by atoms with E-state index >= 15 is 0 Å². The molecule has 0 atom stereocenters. The number of hydrogen-bond acceptors (Lipinski definition) is 2. The molecule has 1 heterocycles. The molecule has 0 aliphatic heterocycles. The van der Waals surface area contributed by atoms with Crippen molar-refractivity contribution in [2.45, 2.75) is 19.9 Å². The van der Waals surface area contributed by atoms with E-state index in [2.05, 4.69) is 20.6 Å². The maximum atomic E-state index is 11.0. The number of nitrogens with zero attached hydrogens (tertiary/aromatic N) is 1. The topological polar surface area (TPSA) is 69.8 Å².